The molecule has 5 heteroatoms. The Morgan fingerprint density at radius 2 is 1.81 bits per heavy atom. The lowest BCUT2D eigenvalue weighted by Gasteiger charge is -2.24. The average molecular weight is 347 g/mol. The molecule has 4 rings (SSSR count). The van der Waals surface area contributed by atoms with E-state index in [0.29, 0.717) is 5.88 Å². The zero-order chi connectivity index (χ0) is 17.6. The molecule has 132 valence electrons. The third-order valence-corrected chi connectivity index (χ3v) is 4.33. The Bertz CT molecular complexity index is 831. The topological polar surface area (TPSA) is 56.3 Å². The average Bonchev–Trinajstić information content (AvgIpc) is 2.71. The fourth-order valence-corrected chi connectivity index (χ4v) is 3.02. The van der Waals surface area contributed by atoms with Crippen molar-refractivity contribution in [1.82, 2.24) is 9.97 Å². The fourth-order valence-electron chi connectivity index (χ4n) is 3.02. The minimum Gasteiger partial charge on any atom is -0.439 e. The van der Waals surface area contributed by atoms with Crippen LogP contribution in [0.4, 0.5) is 11.5 Å². The SMILES string of the molecule is c1ccc(Nc2ccc(Oc3ncccc3C3CCCCO3)cc2)nc1. The van der Waals surface area contributed by atoms with Crippen molar-refractivity contribution in [2.45, 2.75) is 25.4 Å². The van der Waals surface area contributed by atoms with Gasteiger partial charge in [0.05, 0.1) is 6.10 Å². The Hall–Kier alpha value is -2.92. The van der Waals surface area contributed by atoms with Crippen molar-refractivity contribution in [1.29, 1.82) is 0 Å². The lowest BCUT2D eigenvalue weighted by Crippen LogP contribution is -2.12. The summed E-state index contributed by atoms with van der Waals surface area (Å²) >= 11 is 0. The molecule has 1 atom stereocenters. The van der Waals surface area contributed by atoms with Crippen LogP contribution in [0.15, 0.2) is 67.0 Å². The number of benzene rings is 1. The maximum atomic E-state index is 6.03. The Labute approximate surface area is 153 Å². The van der Waals surface area contributed by atoms with E-state index >= 15 is 0 Å². The van der Waals surface area contributed by atoms with E-state index in [0.717, 1.165) is 42.3 Å². The summed E-state index contributed by atoms with van der Waals surface area (Å²) in [6, 6.07) is 17.5. The van der Waals surface area contributed by atoms with Crippen molar-refractivity contribution < 1.29 is 9.47 Å². The molecule has 0 saturated carbocycles. The molecule has 3 aromatic rings. The molecule has 1 saturated heterocycles. The van der Waals surface area contributed by atoms with Gasteiger partial charge in [0, 0.05) is 30.3 Å². The van der Waals surface area contributed by atoms with E-state index in [2.05, 4.69) is 15.3 Å². The quantitative estimate of drug-likeness (QED) is 0.683. The van der Waals surface area contributed by atoms with Crippen LogP contribution >= 0.6 is 0 Å². The molecule has 5 nitrogen and oxygen atoms in total. The highest BCUT2D eigenvalue weighted by atomic mass is 16.5. The number of aromatic nitrogens is 2. The zero-order valence-corrected chi connectivity index (χ0v) is 14.5. The van der Waals surface area contributed by atoms with Crippen LogP contribution in [0.2, 0.25) is 0 Å². The summed E-state index contributed by atoms with van der Waals surface area (Å²) in [4.78, 5) is 8.67. The molecule has 1 fully saturated rings. The molecule has 0 aliphatic carbocycles. The minimum atomic E-state index is 0.0672. The number of nitrogens with one attached hydrogen (secondary N) is 1. The lowest BCUT2D eigenvalue weighted by atomic mass is 10.0. The molecule has 0 radical (unpaired) electrons. The molecule has 1 unspecified atom stereocenters. The van der Waals surface area contributed by atoms with Crippen molar-refractivity contribution in [3.05, 3.63) is 72.6 Å². The summed E-state index contributed by atoms with van der Waals surface area (Å²) < 4.78 is 11.9. The van der Waals surface area contributed by atoms with Gasteiger partial charge in [-0.05, 0) is 67.8 Å². The van der Waals surface area contributed by atoms with Gasteiger partial charge in [-0.25, -0.2) is 9.97 Å². The van der Waals surface area contributed by atoms with E-state index in [1.165, 1.54) is 6.42 Å². The number of anilines is 2. The second-order valence-electron chi connectivity index (χ2n) is 6.22. The summed E-state index contributed by atoms with van der Waals surface area (Å²) in [5.41, 5.74) is 1.97. The standard InChI is InChI=1S/C21H21N3O2/c1-3-13-22-20(8-1)24-16-9-11-17(12-10-16)26-21-18(6-5-14-23-21)19-7-2-4-15-25-19/h1,3,5-6,8-14,19H,2,4,7,15H2,(H,22,24). The van der Waals surface area contributed by atoms with E-state index in [4.69, 9.17) is 9.47 Å². The second kappa shape index (κ2) is 7.97. The van der Waals surface area contributed by atoms with Gasteiger partial charge in [0.25, 0.3) is 0 Å². The first-order valence-electron chi connectivity index (χ1n) is 8.91. The molecule has 1 aromatic carbocycles. The summed E-state index contributed by atoms with van der Waals surface area (Å²) in [6.07, 6.45) is 6.88. The van der Waals surface area contributed by atoms with Crippen molar-refractivity contribution in [2.75, 3.05) is 11.9 Å². The van der Waals surface area contributed by atoms with Crippen LogP contribution < -0.4 is 10.1 Å². The smallest absolute Gasteiger partial charge is 0.225 e. The van der Waals surface area contributed by atoms with E-state index in [1.807, 2.05) is 54.6 Å². The van der Waals surface area contributed by atoms with Gasteiger partial charge < -0.3 is 14.8 Å². The van der Waals surface area contributed by atoms with Gasteiger partial charge in [0.15, 0.2) is 0 Å². The first kappa shape index (κ1) is 16.5. The van der Waals surface area contributed by atoms with Crippen LogP contribution in [0.1, 0.15) is 30.9 Å². The van der Waals surface area contributed by atoms with Crippen molar-refractivity contribution in [3.63, 3.8) is 0 Å². The Kier molecular flexibility index (Phi) is 5.07. The molecule has 1 aliphatic heterocycles. The summed E-state index contributed by atoms with van der Waals surface area (Å²) in [6.45, 7) is 0.799. The van der Waals surface area contributed by atoms with Crippen LogP contribution in [-0.4, -0.2) is 16.6 Å². The summed E-state index contributed by atoms with van der Waals surface area (Å²) in [5.74, 6) is 2.17. The van der Waals surface area contributed by atoms with Gasteiger partial charge in [-0.3, -0.25) is 0 Å². The van der Waals surface area contributed by atoms with Crippen molar-refractivity contribution in [2.24, 2.45) is 0 Å². The summed E-state index contributed by atoms with van der Waals surface area (Å²) in [7, 11) is 0. The molecule has 3 heterocycles. The molecular weight excluding hydrogens is 326 g/mol. The maximum absolute atomic E-state index is 6.03. The van der Waals surface area contributed by atoms with Crippen molar-refractivity contribution in [3.8, 4) is 11.6 Å². The molecular formula is C21H21N3O2. The number of hydrogen-bond acceptors (Lipinski definition) is 5. The number of rotatable bonds is 5. The van der Waals surface area contributed by atoms with Crippen LogP contribution in [0, 0.1) is 0 Å². The predicted octanol–water partition coefficient (Wildman–Crippen LogP) is 5.25. The number of hydrogen-bond donors (Lipinski definition) is 1. The Morgan fingerprint density at radius 3 is 2.58 bits per heavy atom. The molecule has 0 spiro atoms. The predicted molar refractivity (Wildman–Crippen MR) is 101 cm³/mol. The second-order valence-corrected chi connectivity index (χ2v) is 6.22. The fraction of sp³-hybridized carbons (Fsp3) is 0.238. The third-order valence-electron chi connectivity index (χ3n) is 4.33. The van der Waals surface area contributed by atoms with Gasteiger partial charge in [0.1, 0.15) is 11.6 Å². The van der Waals surface area contributed by atoms with E-state index in [9.17, 15) is 0 Å². The number of ether oxygens (including phenoxy) is 2. The maximum Gasteiger partial charge on any atom is 0.225 e. The highest BCUT2D eigenvalue weighted by Crippen LogP contribution is 2.34. The van der Waals surface area contributed by atoms with Gasteiger partial charge >= 0.3 is 0 Å². The number of pyridine rings is 2. The molecule has 0 amide bonds. The normalized spacial score (nSPS) is 16.8. The third kappa shape index (κ3) is 4.00. The first-order valence-corrected chi connectivity index (χ1v) is 8.91. The zero-order valence-electron chi connectivity index (χ0n) is 14.5. The Morgan fingerprint density at radius 1 is 0.923 bits per heavy atom. The lowest BCUT2D eigenvalue weighted by molar-refractivity contribution is 0.0135. The Balaban J connectivity index is 1.47. The van der Waals surface area contributed by atoms with E-state index in [1.54, 1.807) is 12.4 Å². The van der Waals surface area contributed by atoms with Crippen LogP contribution in [0.5, 0.6) is 11.6 Å². The highest BCUT2D eigenvalue weighted by molar-refractivity contribution is 5.57. The largest absolute Gasteiger partial charge is 0.439 e. The van der Waals surface area contributed by atoms with E-state index in [-0.39, 0.29) is 6.10 Å². The van der Waals surface area contributed by atoms with E-state index < -0.39 is 0 Å². The monoisotopic (exact) mass is 347 g/mol. The van der Waals surface area contributed by atoms with Crippen molar-refractivity contribution >= 4 is 11.5 Å². The first-order chi connectivity index (χ1) is 12.9. The molecule has 1 N–H and O–H groups in total. The van der Waals surface area contributed by atoms with Gasteiger partial charge in [-0.15, -0.1) is 0 Å². The van der Waals surface area contributed by atoms with Gasteiger partial charge in [0.2, 0.25) is 5.88 Å². The molecule has 26 heavy (non-hydrogen) atoms. The highest BCUT2D eigenvalue weighted by Gasteiger charge is 2.20. The minimum absolute atomic E-state index is 0.0672. The molecule has 0 bridgehead atoms. The summed E-state index contributed by atoms with van der Waals surface area (Å²) in [5, 5.41) is 3.26. The van der Waals surface area contributed by atoms with Gasteiger partial charge in [-0.1, -0.05) is 6.07 Å². The number of nitrogens with zero attached hydrogens (tertiary/aromatic N) is 2. The molecule has 1 aliphatic rings. The van der Waals surface area contributed by atoms with Crippen LogP contribution in [0.25, 0.3) is 0 Å². The van der Waals surface area contributed by atoms with Crippen LogP contribution in [-0.2, 0) is 4.74 Å². The van der Waals surface area contributed by atoms with Gasteiger partial charge in [-0.2, -0.15) is 0 Å². The molecule has 2 aromatic heterocycles. The van der Waals surface area contributed by atoms with Crippen LogP contribution in [0.3, 0.4) is 0 Å².